The molecule has 1 aromatic heterocycles. The van der Waals surface area contributed by atoms with E-state index in [1.54, 1.807) is 12.1 Å². The molecule has 0 fully saturated rings. The van der Waals surface area contributed by atoms with Crippen molar-refractivity contribution < 1.29 is 22.4 Å². The van der Waals surface area contributed by atoms with Gasteiger partial charge >= 0.3 is 6.18 Å². The second kappa shape index (κ2) is 6.55. The van der Waals surface area contributed by atoms with Crippen LogP contribution in [0.1, 0.15) is 21.9 Å². The summed E-state index contributed by atoms with van der Waals surface area (Å²) in [5.41, 5.74) is 0.907. The number of benzene rings is 1. The minimum Gasteiger partial charge on any atom is -0.465 e. The summed E-state index contributed by atoms with van der Waals surface area (Å²) in [5, 5.41) is 4.91. The Morgan fingerprint density at radius 3 is 2.36 bits per heavy atom. The molecule has 0 saturated heterocycles. The zero-order valence-electron chi connectivity index (χ0n) is 11.8. The van der Waals surface area contributed by atoms with Gasteiger partial charge in [0, 0.05) is 11.3 Å². The molecule has 0 aliphatic heterocycles. The molecular formula is C15H15F3N2O2. The Morgan fingerprint density at radius 2 is 1.82 bits per heavy atom. The molecule has 1 amide bonds. The maximum absolute atomic E-state index is 12.0. The van der Waals surface area contributed by atoms with Crippen molar-refractivity contribution >= 4 is 11.6 Å². The molecular weight excluding hydrogens is 297 g/mol. The Morgan fingerprint density at radius 1 is 1.14 bits per heavy atom. The van der Waals surface area contributed by atoms with Crippen molar-refractivity contribution in [1.29, 1.82) is 0 Å². The van der Waals surface area contributed by atoms with Gasteiger partial charge in [-0.25, -0.2) is 0 Å². The van der Waals surface area contributed by atoms with E-state index in [0.717, 1.165) is 17.2 Å². The van der Waals surface area contributed by atoms with Crippen molar-refractivity contribution in [2.75, 3.05) is 11.9 Å². The number of alkyl halides is 3. The zero-order chi connectivity index (χ0) is 16.2. The van der Waals surface area contributed by atoms with Gasteiger partial charge in [-0.3, -0.25) is 4.79 Å². The van der Waals surface area contributed by atoms with E-state index in [1.807, 2.05) is 24.4 Å². The van der Waals surface area contributed by atoms with Gasteiger partial charge in [-0.05, 0) is 43.3 Å². The fourth-order valence-corrected chi connectivity index (χ4v) is 1.79. The monoisotopic (exact) mass is 312 g/mol. The molecule has 0 bridgehead atoms. The van der Waals surface area contributed by atoms with Crippen LogP contribution < -0.4 is 10.6 Å². The normalized spacial score (nSPS) is 11.3. The van der Waals surface area contributed by atoms with Crippen LogP contribution in [-0.4, -0.2) is 18.6 Å². The van der Waals surface area contributed by atoms with Gasteiger partial charge in [0.2, 0.25) is 0 Å². The highest BCUT2D eigenvalue weighted by Gasteiger charge is 2.27. The fourth-order valence-electron chi connectivity index (χ4n) is 1.79. The average molecular weight is 312 g/mol. The largest absolute Gasteiger partial charge is 0.465 e. The number of carbonyl (C=O) groups excluding carboxylic acids is 1. The number of aryl methyl sites for hydroxylation is 1. The van der Waals surface area contributed by atoms with E-state index >= 15 is 0 Å². The molecule has 1 heterocycles. The van der Waals surface area contributed by atoms with Gasteiger partial charge in [-0.15, -0.1) is 0 Å². The van der Waals surface area contributed by atoms with E-state index in [2.05, 4.69) is 5.32 Å². The first-order valence-corrected chi connectivity index (χ1v) is 6.58. The summed E-state index contributed by atoms with van der Waals surface area (Å²) in [6.07, 6.45) is -4.42. The van der Waals surface area contributed by atoms with Crippen LogP contribution in [0.2, 0.25) is 0 Å². The molecule has 7 heteroatoms. The maximum Gasteiger partial charge on any atom is 0.405 e. The van der Waals surface area contributed by atoms with Gasteiger partial charge in [0.05, 0.1) is 6.54 Å². The van der Waals surface area contributed by atoms with E-state index in [1.165, 1.54) is 12.1 Å². The van der Waals surface area contributed by atoms with Crippen LogP contribution in [0.4, 0.5) is 18.9 Å². The molecule has 2 N–H and O–H groups in total. The van der Waals surface area contributed by atoms with E-state index in [9.17, 15) is 18.0 Å². The quantitative estimate of drug-likeness (QED) is 0.888. The summed E-state index contributed by atoms with van der Waals surface area (Å²) in [7, 11) is 0. The summed E-state index contributed by atoms with van der Waals surface area (Å²) in [5.74, 6) is 0.823. The Kier molecular flexibility index (Phi) is 4.75. The third kappa shape index (κ3) is 4.83. The Hall–Kier alpha value is -2.44. The number of nitrogens with one attached hydrogen (secondary N) is 2. The molecule has 0 spiro atoms. The van der Waals surface area contributed by atoms with E-state index in [0.29, 0.717) is 6.54 Å². The topological polar surface area (TPSA) is 54.3 Å². The molecule has 1 aromatic carbocycles. The minimum atomic E-state index is -4.42. The third-order valence-electron chi connectivity index (χ3n) is 2.86. The summed E-state index contributed by atoms with van der Waals surface area (Å²) >= 11 is 0. The first kappa shape index (κ1) is 15.9. The van der Waals surface area contributed by atoms with Crippen LogP contribution in [-0.2, 0) is 6.54 Å². The highest BCUT2D eigenvalue weighted by molar-refractivity contribution is 5.94. The predicted octanol–water partition coefficient (Wildman–Crippen LogP) is 3.49. The molecule has 0 aliphatic rings. The maximum atomic E-state index is 12.0. The first-order chi connectivity index (χ1) is 10.3. The minimum absolute atomic E-state index is 0.170. The highest BCUT2D eigenvalue weighted by atomic mass is 19.4. The lowest BCUT2D eigenvalue weighted by atomic mass is 10.2. The zero-order valence-corrected chi connectivity index (χ0v) is 11.8. The fraction of sp³-hybridized carbons (Fsp3) is 0.267. The molecule has 2 rings (SSSR count). The lowest BCUT2D eigenvalue weighted by molar-refractivity contribution is -0.123. The number of rotatable bonds is 5. The molecule has 0 radical (unpaired) electrons. The summed E-state index contributed by atoms with van der Waals surface area (Å²) in [6.45, 7) is 0.981. The first-order valence-electron chi connectivity index (χ1n) is 6.58. The SMILES string of the molecule is Cc1ccc(CNc2ccc(C(=O)NCC(F)(F)F)cc2)o1. The van der Waals surface area contributed by atoms with Crippen LogP contribution in [0.3, 0.4) is 0 Å². The lowest BCUT2D eigenvalue weighted by Gasteiger charge is -2.09. The van der Waals surface area contributed by atoms with Crippen molar-refractivity contribution in [3.63, 3.8) is 0 Å². The lowest BCUT2D eigenvalue weighted by Crippen LogP contribution is -2.33. The third-order valence-corrected chi connectivity index (χ3v) is 2.86. The Bertz CT molecular complexity index is 633. The van der Waals surface area contributed by atoms with Gasteiger partial charge in [0.1, 0.15) is 18.1 Å². The molecule has 2 aromatic rings. The van der Waals surface area contributed by atoms with Crippen molar-refractivity contribution in [2.24, 2.45) is 0 Å². The van der Waals surface area contributed by atoms with Gasteiger partial charge < -0.3 is 15.1 Å². The molecule has 22 heavy (non-hydrogen) atoms. The highest BCUT2D eigenvalue weighted by Crippen LogP contribution is 2.15. The predicted molar refractivity (Wildman–Crippen MR) is 75.6 cm³/mol. The number of halogens is 3. The summed E-state index contributed by atoms with van der Waals surface area (Å²) in [4.78, 5) is 11.5. The number of anilines is 1. The Balaban J connectivity index is 1.88. The summed E-state index contributed by atoms with van der Waals surface area (Å²) < 4.78 is 41.5. The number of carbonyl (C=O) groups is 1. The van der Waals surface area contributed by atoms with Crippen molar-refractivity contribution in [1.82, 2.24) is 5.32 Å². The van der Waals surface area contributed by atoms with E-state index in [-0.39, 0.29) is 5.56 Å². The molecule has 4 nitrogen and oxygen atoms in total. The van der Waals surface area contributed by atoms with Gasteiger partial charge in [0.15, 0.2) is 0 Å². The van der Waals surface area contributed by atoms with E-state index in [4.69, 9.17) is 4.42 Å². The Labute approximate surface area is 125 Å². The van der Waals surface area contributed by atoms with Crippen LogP contribution in [0.5, 0.6) is 0 Å². The van der Waals surface area contributed by atoms with Gasteiger partial charge in [-0.1, -0.05) is 0 Å². The smallest absolute Gasteiger partial charge is 0.405 e. The van der Waals surface area contributed by atoms with Crippen LogP contribution in [0, 0.1) is 6.92 Å². The number of furan rings is 1. The van der Waals surface area contributed by atoms with Crippen LogP contribution in [0.15, 0.2) is 40.8 Å². The van der Waals surface area contributed by atoms with Crippen molar-refractivity contribution in [3.05, 3.63) is 53.5 Å². The molecule has 0 atom stereocenters. The van der Waals surface area contributed by atoms with E-state index < -0.39 is 18.6 Å². The molecule has 0 aliphatic carbocycles. The van der Waals surface area contributed by atoms with Crippen LogP contribution in [0.25, 0.3) is 0 Å². The summed E-state index contributed by atoms with van der Waals surface area (Å²) in [6, 6.07) is 9.87. The molecule has 0 unspecified atom stereocenters. The second-order valence-electron chi connectivity index (χ2n) is 4.74. The number of hydrogen-bond acceptors (Lipinski definition) is 3. The van der Waals surface area contributed by atoms with Crippen LogP contribution >= 0.6 is 0 Å². The van der Waals surface area contributed by atoms with Crippen molar-refractivity contribution in [3.8, 4) is 0 Å². The number of hydrogen-bond donors (Lipinski definition) is 2. The standard InChI is InChI=1S/C15H15F3N2O2/c1-10-2-7-13(22-10)8-19-12-5-3-11(4-6-12)14(21)20-9-15(16,17)18/h2-7,19H,8-9H2,1H3,(H,20,21). The van der Waals surface area contributed by atoms with Gasteiger partial charge in [-0.2, -0.15) is 13.2 Å². The van der Waals surface area contributed by atoms with Gasteiger partial charge in [0.25, 0.3) is 5.91 Å². The second-order valence-corrected chi connectivity index (χ2v) is 4.74. The number of amides is 1. The average Bonchev–Trinajstić information content (AvgIpc) is 2.88. The molecule has 0 saturated carbocycles. The van der Waals surface area contributed by atoms with Crippen molar-refractivity contribution in [2.45, 2.75) is 19.6 Å². The molecule has 118 valence electrons.